The maximum Gasteiger partial charge on any atom is 0.0703 e. The highest BCUT2D eigenvalue weighted by Gasteiger charge is 2.18. The van der Waals surface area contributed by atoms with Crippen molar-refractivity contribution in [2.75, 3.05) is 0 Å². The summed E-state index contributed by atoms with van der Waals surface area (Å²) in [6, 6.07) is 4.92. The van der Waals surface area contributed by atoms with E-state index in [4.69, 9.17) is 0 Å². The molecule has 0 saturated heterocycles. The molecular weight excluding hydrogens is 342 g/mol. The summed E-state index contributed by atoms with van der Waals surface area (Å²) >= 11 is 4.04. The Labute approximate surface area is 161 Å². The van der Waals surface area contributed by atoms with Gasteiger partial charge in [0.25, 0.3) is 0 Å². The SMILES string of the molecule is CCCCCCCCn1c2cc(C(C)C)sc2c2sc(C(C)C)cc21. The minimum absolute atomic E-state index is 0.625. The van der Waals surface area contributed by atoms with Gasteiger partial charge >= 0.3 is 0 Å². The van der Waals surface area contributed by atoms with Crippen LogP contribution in [0.15, 0.2) is 12.1 Å². The van der Waals surface area contributed by atoms with Crippen LogP contribution in [0.5, 0.6) is 0 Å². The molecule has 0 spiro atoms. The van der Waals surface area contributed by atoms with Crippen LogP contribution >= 0.6 is 22.7 Å². The second-order valence-electron chi connectivity index (χ2n) is 7.96. The van der Waals surface area contributed by atoms with Crippen LogP contribution in [0.3, 0.4) is 0 Å². The minimum Gasteiger partial charge on any atom is -0.339 e. The Hall–Kier alpha value is -0.800. The molecule has 0 N–H and O–H groups in total. The molecule has 3 aromatic rings. The Morgan fingerprint density at radius 3 is 1.72 bits per heavy atom. The predicted molar refractivity (Wildman–Crippen MR) is 117 cm³/mol. The molecule has 0 bridgehead atoms. The molecule has 25 heavy (non-hydrogen) atoms. The number of aromatic nitrogens is 1. The Morgan fingerprint density at radius 1 is 0.760 bits per heavy atom. The molecule has 138 valence electrons. The Morgan fingerprint density at radius 2 is 1.24 bits per heavy atom. The highest BCUT2D eigenvalue weighted by Crippen LogP contribution is 2.43. The summed E-state index contributed by atoms with van der Waals surface area (Å²) in [5, 5.41) is 0. The van der Waals surface area contributed by atoms with Gasteiger partial charge in [0.2, 0.25) is 0 Å². The molecular formula is C22H33NS2. The van der Waals surface area contributed by atoms with Crippen molar-refractivity contribution in [1.82, 2.24) is 4.57 Å². The first-order chi connectivity index (χ1) is 12.0. The quantitative estimate of drug-likeness (QED) is 0.330. The molecule has 3 heterocycles. The number of fused-ring (bicyclic) bond motifs is 3. The number of aryl methyl sites for hydroxylation is 1. The first kappa shape index (κ1) is 19.0. The average Bonchev–Trinajstić information content (AvgIpc) is 3.22. The molecule has 0 aliphatic rings. The molecule has 0 aliphatic heterocycles. The smallest absolute Gasteiger partial charge is 0.0703 e. The van der Waals surface area contributed by atoms with E-state index in [9.17, 15) is 0 Å². The normalized spacial score (nSPS) is 12.4. The summed E-state index contributed by atoms with van der Waals surface area (Å²) in [5.41, 5.74) is 2.97. The van der Waals surface area contributed by atoms with Gasteiger partial charge in [0.15, 0.2) is 0 Å². The zero-order valence-corrected chi connectivity index (χ0v) is 18.2. The van der Waals surface area contributed by atoms with Gasteiger partial charge in [-0.1, -0.05) is 66.7 Å². The predicted octanol–water partition coefficient (Wildman–Crippen LogP) is 8.52. The standard InChI is InChI=1S/C22H33NS2/c1-6-7-8-9-10-11-12-23-17-13-19(15(2)3)24-21(17)22-18(23)14-20(25-22)16(4)5/h13-16H,6-12H2,1-5H3. The molecule has 3 heteroatoms. The summed E-state index contributed by atoms with van der Waals surface area (Å²) in [6.45, 7) is 12.7. The maximum atomic E-state index is 2.62. The molecule has 3 rings (SSSR count). The van der Waals surface area contributed by atoms with Gasteiger partial charge in [-0.15, -0.1) is 22.7 Å². The fourth-order valence-corrected chi connectivity index (χ4v) is 5.99. The number of hydrogen-bond donors (Lipinski definition) is 0. The van der Waals surface area contributed by atoms with E-state index in [-0.39, 0.29) is 0 Å². The van der Waals surface area contributed by atoms with E-state index in [1.165, 1.54) is 75.3 Å². The first-order valence-electron chi connectivity index (χ1n) is 10.1. The van der Waals surface area contributed by atoms with Crippen LogP contribution in [0.2, 0.25) is 0 Å². The third-order valence-corrected chi connectivity index (χ3v) is 8.14. The molecule has 0 atom stereocenters. The fourth-order valence-electron chi connectivity index (χ4n) is 3.52. The number of nitrogens with zero attached hydrogens (tertiary/aromatic N) is 1. The van der Waals surface area contributed by atoms with Gasteiger partial charge in [0.1, 0.15) is 0 Å². The highest BCUT2D eigenvalue weighted by molar-refractivity contribution is 7.27. The van der Waals surface area contributed by atoms with Crippen LogP contribution < -0.4 is 0 Å². The third-order valence-electron chi connectivity index (χ3n) is 5.12. The third kappa shape index (κ3) is 3.98. The van der Waals surface area contributed by atoms with Gasteiger partial charge in [-0.2, -0.15) is 0 Å². The van der Waals surface area contributed by atoms with Crippen molar-refractivity contribution >= 4 is 43.1 Å². The monoisotopic (exact) mass is 375 g/mol. The van der Waals surface area contributed by atoms with Crippen molar-refractivity contribution < 1.29 is 0 Å². The summed E-state index contributed by atoms with van der Waals surface area (Å²) < 4.78 is 5.68. The summed E-state index contributed by atoms with van der Waals surface area (Å²) in [5.74, 6) is 1.25. The van der Waals surface area contributed by atoms with Crippen molar-refractivity contribution in [3.05, 3.63) is 21.9 Å². The number of thiophene rings is 2. The van der Waals surface area contributed by atoms with Crippen LogP contribution in [0.4, 0.5) is 0 Å². The fraction of sp³-hybridized carbons (Fsp3) is 0.636. The molecule has 0 aromatic carbocycles. The largest absolute Gasteiger partial charge is 0.339 e. The Balaban J connectivity index is 1.89. The van der Waals surface area contributed by atoms with E-state index in [2.05, 4.69) is 51.3 Å². The van der Waals surface area contributed by atoms with E-state index < -0.39 is 0 Å². The minimum atomic E-state index is 0.625. The zero-order chi connectivity index (χ0) is 18.0. The molecule has 0 aliphatic carbocycles. The number of rotatable bonds is 9. The van der Waals surface area contributed by atoms with Gasteiger partial charge in [0.05, 0.1) is 20.4 Å². The van der Waals surface area contributed by atoms with Gasteiger partial charge in [-0.3, -0.25) is 0 Å². The Bertz CT molecular complexity index is 756. The average molecular weight is 376 g/mol. The lowest BCUT2D eigenvalue weighted by atomic mass is 10.1. The lowest BCUT2D eigenvalue weighted by molar-refractivity contribution is 0.571. The van der Waals surface area contributed by atoms with Crippen LogP contribution in [-0.4, -0.2) is 4.57 Å². The van der Waals surface area contributed by atoms with Crippen molar-refractivity contribution in [3.8, 4) is 0 Å². The van der Waals surface area contributed by atoms with Crippen LogP contribution in [0.25, 0.3) is 20.4 Å². The zero-order valence-electron chi connectivity index (χ0n) is 16.5. The molecule has 0 unspecified atom stereocenters. The van der Waals surface area contributed by atoms with Gasteiger partial charge in [0, 0.05) is 16.3 Å². The van der Waals surface area contributed by atoms with E-state index >= 15 is 0 Å². The molecule has 3 aromatic heterocycles. The van der Waals surface area contributed by atoms with E-state index in [0.29, 0.717) is 11.8 Å². The lowest BCUT2D eigenvalue weighted by Crippen LogP contribution is -1.97. The molecule has 1 nitrogen and oxygen atoms in total. The van der Waals surface area contributed by atoms with E-state index in [1.54, 1.807) is 0 Å². The van der Waals surface area contributed by atoms with Crippen molar-refractivity contribution in [1.29, 1.82) is 0 Å². The second-order valence-corrected chi connectivity index (χ2v) is 10.1. The molecule has 0 amide bonds. The lowest BCUT2D eigenvalue weighted by Gasteiger charge is -2.07. The summed E-state index contributed by atoms with van der Waals surface area (Å²) in [4.78, 5) is 3.06. The molecule has 0 fully saturated rings. The molecule has 0 saturated carbocycles. The molecule has 0 radical (unpaired) electrons. The second kappa shape index (κ2) is 8.26. The highest BCUT2D eigenvalue weighted by atomic mass is 32.1. The Kier molecular flexibility index (Phi) is 6.27. The van der Waals surface area contributed by atoms with Gasteiger partial charge in [-0.25, -0.2) is 0 Å². The summed E-state index contributed by atoms with van der Waals surface area (Å²) in [7, 11) is 0. The summed E-state index contributed by atoms with van der Waals surface area (Å²) in [6.07, 6.45) is 8.19. The van der Waals surface area contributed by atoms with Crippen LogP contribution in [0, 0.1) is 0 Å². The van der Waals surface area contributed by atoms with Crippen LogP contribution in [0.1, 0.15) is 94.7 Å². The van der Waals surface area contributed by atoms with E-state index in [0.717, 1.165) is 0 Å². The number of unbranched alkanes of at least 4 members (excludes halogenated alkanes) is 5. The van der Waals surface area contributed by atoms with Crippen molar-refractivity contribution in [2.24, 2.45) is 0 Å². The first-order valence-corrected chi connectivity index (χ1v) is 11.7. The van der Waals surface area contributed by atoms with Crippen molar-refractivity contribution in [3.63, 3.8) is 0 Å². The van der Waals surface area contributed by atoms with Gasteiger partial charge < -0.3 is 4.57 Å². The van der Waals surface area contributed by atoms with E-state index in [1.807, 2.05) is 22.7 Å². The topological polar surface area (TPSA) is 4.93 Å². The number of hydrogen-bond acceptors (Lipinski definition) is 2. The van der Waals surface area contributed by atoms with Gasteiger partial charge in [-0.05, 0) is 30.4 Å². The van der Waals surface area contributed by atoms with Crippen LogP contribution in [-0.2, 0) is 6.54 Å². The maximum absolute atomic E-state index is 2.62. The van der Waals surface area contributed by atoms with Crippen molar-refractivity contribution in [2.45, 2.75) is 91.5 Å².